The summed E-state index contributed by atoms with van der Waals surface area (Å²) in [6.07, 6.45) is 4.06. The Morgan fingerprint density at radius 2 is 2.06 bits per heavy atom. The fourth-order valence-electron chi connectivity index (χ4n) is 1.44. The van der Waals surface area contributed by atoms with Crippen LogP contribution in [-0.2, 0) is 0 Å². The van der Waals surface area contributed by atoms with E-state index >= 15 is 0 Å². The van der Waals surface area contributed by atoms with E-state index in [0.717, 1.165) is 22.5 Å². The Bertz CT molecular complexity index is 342. The molecule has 1 rings (SSSR count). The quantitative estimate of drug-likeness (QED) is 0.795. The van der Waals surface area contributed by atoms with Crippen molar-refractivity contribution in [3.8, 4) is 0 Å². The van der Waals surface area contributed by atoms with Crippen molar-refractivity contribution in [1.82, 2.24) is 4.98 Å². The van der Waals surface area contributed by atoms with Crippen molar-refractivity contribution in [3.05, 3.63) is 21.9 Å². The van der Waals surface area contributed by atoms with Gasteiger partial charge < -0.3 is 5.32 Å². The van der Waals surface area contributed by atoms with Crippen LogP contribution in [0.5, 0.6) is 0 Å². The van der Waals surface area contributed by atoms with E-state index in [1.54, 1.807) is 6.20 Å². The Morgan fingerprint density at radius 1 is 1.38 bits per heavy atom. The largest absolute Gasteiger partial charge is 0.380 e. The molecule has 0 aliphatic rings. The molecule has 2 nitrogen and oxygen atoms in total. The summed E-state index contributed by atoms with van der Waals surface area (Å²) in [6, 6.07) is 2.37. The van der Waals surface area contributed by atoms with Crippen molar-refractivity contribution in [1.29, 1.82) is 0 Å². The molecule has 0 bridgehead atoms. The highest BCUT2D eigenvalue weighted by atomic mass is 79.9. The van der Waals surface area contributed by atoms with E-state index in [-0.39, 0.29) is 0 Å². The molecule has 0 aliphatic carbocycles. The molecule has 1 unspecified atom stereocenters. The molecule has 0 radical (unpaired) electrons. The molecule has 0 aromatic carbocycles. The van der Waals surface area contributed by atoms with E-state index < -0.39 is 0 Å². The van der Waals surface area contributed by atoms with Crippen molar-refractivity contribution in [3.63, 3.8) is 0 Å². The predicted octanol–water partition coefficient (Wildman–Crippen LogP) is 4.73. The molecule has 16 heavy (non-hydrogen) atoms. The van der Waals surface area contributed by atoms with Crippen LogP contribution in [0.15, 0.2) is 16.7 Å². The highest BCUT2D eigenvalue weighted by Crippen LogP contribution is 2.24. The molecule has 1 atom stereocenters. The Labute approximate surface area is 111 Å². The molecule has 0 saturated heterocycles. The van der Waals surface area contributed by atoms with Gasteiger partial charge in [0.15, 0.2) is 5.15 Å². The van der Waals surface area contributed by atoms with Gasteiger partial charge in [-0.3, -0.25) is 0 Å². The highest BCUT2D eigenvalue weighted by molar-refractivity contribution is 9.10. The van der Waals surface area contributed by atoms with Crippen LogP contribution in [0.3, 0.4) is 0 Å². The molecule has 1 N–H and O–H groups in total. The first kappa shape index (κ1) is 13.8. The number of rotatable bonds is 5. The first-order valence-electron chi connectivity index (χ1n) is 5.56. The van der Waals surface area contributed by atoms with Crippen LogP contribution in [0.4, 0.5) is 5.69 Å². The number of hydrogen-bond donors (Lipinski definition) is 1. The zero-order chi connectivity index (χ0) is 12.1. The zero-order valence-corrected chi connectivity index (χ0v) is 12.3. The van der Waals surface area contributed by atoms with Gasteiger partial charge in [-0.25, -0.2) is 4.98 Å². The normalized spacial score (nSPS) is 12.9. The summed E-state index contributed by atoms with van der Waals surface area (Å²) in [7, 11) is 0. The monoisotopic (exact) mass is 304 g/mol. The van der Waals surface area contributed by atoms with Crippen LogP contribution in [0.2, 0.25) is 5.15 Å². The number of anilines is 1. The van der Waals surface area contributed by atoms with Gasteiger partial charge in [-0.1, -0.05) is 25.4 Å². The summed E-state index contributed by atoms with van der Waals surface area (Å²) in [5.41, 5.74) is 0.896. The smallest absolute Gasteiger partial charge is 0.152 e. The van der Waals surface area contributed by atoms with Crippen molar-refractivity contribution in [2.24, 2.45) is 5.92 Å². The second kappa shape index (κ2) is 6.45. The van der Waals surface area contributed by atoms with Crippen LogP contribution < -0.4 is 5.32 Å². The molecule has 1 heterocycles. The predicted molar refractivity (Wildman–Crippen MR) is 74.1 cm³/mol. The zero-order valence-electron chi connectivity index (χ0n) is 9.93. The fourth-order valence-corrected chi connectivity index (χ4v) is 1.93. The maximum atomic E-state index is 6.01. The Kier molecular flexibility index (Phi) is 5.56. The minimum Gasteiger partial charge on any atom is -0.380 e. The number of pyridine rings is 1. The number of aromatic nitrogens is 1. The fraction of sp³-hybridized carbons (Fsp3) is 0.583. The lowest BCUT2D eigenvalue weighted by Gasteiger charge is -2.17. The molecular weight excluding hydrogens is 288 g/mol. The van der Waals surface area contributed by atoms with Gasteiger partial charge in [-0.05, 0) is 47.7 Å². The van der Waals surface area contributed by atoms with Gasteiger partial charge in [0.1, 0.15) is 0 Å². The van der Waals surface area contributed by atoms with Gasteiger partial charge in [0.2, 0.25) is 0 Å². The Hall–Kier alpha value is -0.280. The van der Waals surface area contributed by atoms with Gasteiger partial charge in [-0.15, -0.1) is 0 Å². The van der Waals surface area contributed by atoms with E-state index in [1.807, 2.05) is 6.07 Å². The molecule has 1 aromatic heterocycles. The first-order chi connectivity index (χ1) is 7.49. The van der Waals surface area contributed by atoms with Crippen LogP contribution in [0.1, 0.15) is 33.6 Å². The summed E-state index contributed by atoms with van der Waals surface area (Å²) < 4.78 is 0.940. The molecule has 90 valence electrons. The van der Waals surface area contributed by atoms with Crippen molar-refractivity contribution < 1.29 is 0 Å². The summed E-state index contributed by atoms with van der Waals surface area (Å²) in [6.45, 7) is 6.64. The molecule has 0 saturated carbocycles. The van der Waals surface area contributed by atoms with Crippen LogP contribution in [-0.4, -0.2) is 11.0 Å². The molecule has 0 amide bonds. The number of nitrogens with one attached hydrogen (secondary N) is 1. The molecule has 0 spiro atoms. The minimum atomic E-state index is 0.413. The lowest BCUT2D eigenvalue weighted by atomic mass is 10.0. The molecule has 0 fully saturated rings. The third kappa shape index (κ3) is 4.71. The minimum absolute atomic E-state index is 0.413. The van der Waals surface area contributed by atoms with Gasteiger partial charge >= 0.3 is 0 Å². The lowest BCUT2D eigenvalue weighted by Crippen LogP contribution is -2.16. The van der Waals surface area contributed by atoms with Crippen LogP contribution in [0, 0.1) is 5.92 Å². The topological polar surface area (TPSA) is 24.9 Å². The third-order valence-corrected chi connectivity index (χ3v) is 3.12. The summed E-state index contributed by atoms with van der Waals surface area (Å²) in [5.74, 6) is 0.736. The summed E-state index contributed by atoms with van der Waals surface area (Å²) in [5, 5.41) is 3.91. The van der Waals surface area contributed by atoms with Gasteiger partial charge in [0.25, 0.3) is 0 Å². The second-order valence-corrected chi connectivity index (χ2v) is 5.78. The van der Waals surface area contributed by atoms with Crippen molar-refractivity contribution in [2.75, 3.05) is 5.32 Å². The Balaban J connectivity index is 2.55. The standard InChI is InChI=1S/C12H18BrClN2/c1-8(2)4-5-9(3)16-11-6-10(13)7-15-12(11)14/h6-9,16H,4-5H2,1-3H3. The first-order valence-corrected chi connectivity index (χ1v) is 6.73. The summed E-state index contributed by atoms with van der Waals surface area (Å²) in [4.78, 5) is 4.08. The maximum absolute atomic E-state index is 6.01. The van der Waals surface area contributed by atoms with Crippen molar-refractivity contribution >= 4 is 33.2 Å². The van der Waals surface area contributed by atoms with E-state index in [4.69, 9.17) is 11.6 Å². The lowest BCUT2D eigenvalue weighted by molar-refractivity contribution is 0.527. The van der Waals surface area contributed by atoms with E-state index in [2.05, 4.69) is 47.0 Å². The average molecular weight is 306 g/mol. The van der Waals surface area contributed by atoms with E-state index in [9.17, 15) is 0 Å². The second-order valence-electron chi connectivity index (χ2n) is 4.51. The SMILES string of the molecule is CC(C)CCC(C)Nc1cc(Br)cnc1Cl. The van der Waals surface area contributed by atoms with E-state index in [0.29, 0.717) is 11.2 Å². The van der Waals surface area contributed by atoms with Crippen LogP contribution >= 0.6 is 27.5 Å². The molecule has 1 aromatic rings. The maximum Gasteiger partial charge on any atom is 0.152 e. The molecular formula is C12H18BrClN2. The molecule has 4 heteroatoms. The summed E-state index contributed by atoms with van der Waals surface area (Å²) >= 11 is 9.40. The van der Waals surface area contributed by atoms with Gasteiger partial charge in [0.05, 0.1) is 5.69 Å². The Morgan fingerprint density at radius 3 is 2.69 bits per heavy atom. The number of hydrogen-bond acceptors (Lipinski definition) is 2. The van der Waals surface area contributed by atoms with Crippen LogP contribution in [0.25, 0.3) is 0 Å². The van der Waals surface area contributed by atoms with E-state index in [1.165, 1.54) is 6.42 Å². The number of halogens is 2. The average Bonchev–Trinajstić information content (AvgIpc) is 2.20. The number of nitrogens with zero attached hydrogens (tertiary/aromatic N) is 1. The highest BCUT2D eigenvalue weighted by Gasteiger charge is 2.07. The third-order valence-electron chi connectivity index (χ3n) is 2.38. The molecule has 0 aliphatic heterocycles. The van der Waals surface area contributed by atoms with Gasteiger partial charge in [0, 0.05) is 16.7 Å². The van der Waals surface area contributed by atoms with Crippen molar-refractivity contribution in [2.45, 2.75) is 39.7 Å². The van der Waals surface area contributed by atoms with Gasteiger partial charge in [-0.2, -0.15) is 0 Å².